The molecular weight excluding hydrogens is 252 g/mol. The van der Waals surface area contributed by atoms with Gasteiger partial charge in [0.1, 0.15) is 0 Å². The standard InChI is InChI=1S/C16H32N2O2/c1-15(2)6-8-16(19-3,9-7-15)14(18-17)12-13-4-10-20-11-5-13/h13-14,18H,4-12,17H2,1-3H3. The highest BCUT2D eigenvalue weighted by Gasteiger charge is 2.44. The lowest BCUT2D eigenvalue weighted by Gasteiger charge is -2.47. The Bertz CT molecular complexity index is 291. The van der Waals surface area contributed by atoms with Crippen LogP contribution in [0, 0.1) is 11.3 Å². The van der Waals surface area contributed by atoms with Gasteiger partial charge >= 0.3 is 0 Å². The Hall–Kier alpha value is -0.160. The lowest BCUT2D eigenvalue weighted by atomic mass is 9.67. The Kier molecular flexibility index (Phi) is 5.46. The largest absolute Gasteiger partial charge is 0.381 e. The average Bonchev–Trinajstić information content (AvgIpc) is 2.47. The van der Waals surface area contributed by atoms with Gasteiger partial charge in [0.05, 0.1) is 11.6 Å². The van der Waals surface area contributed by atoms with Gasteiger partial charge in [0.2, 0.25) is 0 Å². The Morgan fingerprint density at radius 3 is 2.30 bits per heavy atom. The molecule has 1 aliphatic heterocycles. The van der Waals surface area contributed by atoms with Crippen LogP contribution in [-0.2, 0) is 9.47 Å². The van der Waals surface area contributed by atoms with Crippen LogP contribution in [0.3, 0.4) is 0 Å². The summed E-state index contributed by atoms with van der Waals surface area (Å²) in [5, 5.41) is 0. The van der Waals surface area contributed by atoms with Crippen LogP contribution in [0.2, 0.25) is 0 Å². The summed E-state index contributed by atoms with van der Waals surface area (Å²) in [7, 11) is 1.85. The number of methoxy groups -OCH3 is 1. The second-order valence-electron chi connectivity index (χ2n) is 7.44. The van der Waals surface area contributed by atoms with Crippen LogP contribution < -0.4 is 11.3 Å². The Morgan fingerprint density at radius 1 is 1.20 bits per heavy atom. The maximum atomic E-state index is 5.99. The summed E-state index contributed by atoms with van der Waals surface area (Å²) in [4.78, 5) is 0. The van der Waals surface area contributed by atoms with Gasteiger partial charge in [-0.3, -0.25) is 11.3 Å². The molecule has 1 saturated heterocycles. The first-order valence-corrected chi connectivity index (χ1v) is 8.10. The molecule has 2 fully saturated rings. The van der Waals surface area contributed by atoms with Crippen molar-refractivity contribution in [2.75, 3.05) is 20.3 Å². The minimum atomic E-state index is -0.0808. The lowest BCUT2D eigenvalue weighted by Crippen LogP contribution is -2.57. The predicted octanol–water partition coefficient (Wildman–Crippen LogP) is 2.62. The molecule has 20 heavy (non-hydrogen) atoms. The number of nitrogens with two attached hydrogens (primary N) is 1. The number of nitrogens with one attached hydrogen (secondary N) is 1. The van der Waals surface area contributed by atoms with Gasteiger partial charge in [-0.25, -0.2) is 0 Å². The fourth-order valence-electron chi connectivity index (χ4n) is 3.79. The molecule has 1 saturated carbocycles. The van der Waals surface area contributed by atoms with Crippen LogP contribution in [0.15, 0.2) is 0 Å². The molecule has 1 heterocycles. The van der Waals surface area contributed by atoms with Crippen LogP contribution in [-0.4, -0.2) is 32.0 Å². The van der Waals surface area contributed by atoms with E-state index >= 15 is 0 Å². The summed E-state index contributed by atoms with van der Waals surface area (Å²) in [5.41, 5.74) is 3.44. The second kappa shape index (κ2) is 6.73. The average molecular weight is 284 g/mol. The van der Waals surface area contributed by atoms with E-state index in [-0.39, 0.29) is 11.6 Å². The summed E-state index contributed by atoms with van der Waals surface area (Å²) in [6.07, 6.45) is 8.06. The molecule has 3 N–H and O–H groups in total. The monoisotopic (exact) mass is 284 g/mol. The number of hydrogen-bond donors (Lipinski definition) is 2. The summed E-state index contributed by atoms with van der Waals surface area (Å²) in [5.74, 6) is 6.60. The van der Waals surface area contributed by atoms with Crippen molar-refractivity contribution < 1.29 is 9.47 Å². The summed E-state index contributed by atoms with van der Waals surface area (Å²) < 4.78 is 11.4. The fourth-order valence-corrected chi connectivity index (χ4v) is 3.79. The second-order valence-corrected chi connectivity index (χ2v) is 7.44. The van der Waals surface area contributed by atoms with Crippen LogP contribution >= 0.6 is 0 Å². The Balaban J connectivity index is 1.99. The van der Waals surface area contributed by atoms with E-state index in [2.05, 4.69) is 19.3 Å². The van der Waals surface area contributed by atoms with Crippen molar-refractivity contribution in [3.8, 4) is 0 Å². The third-order valence-electron chi connectivity index (χ3n) is 5.60. The number of ether oxygens (including phenoxy) is 2. The third kappa shape index (κ3) is 3.73. The Labute approximate surface area is 123 Å². The Morgan fingerprint density at radius 2 is 1.80 bits per heavy atom. The lowest BCUT2D eigenvalue weighted by molar-refractivity contribution is -0.0933. The maximum Gasteiger partial charge on any atom is 0.0844 e. The SMILES string of the molecule is COC1(C(CC2CCOCC2)NN)CCC(C)(C)CC1. The fraction of sp³-hybridized carbons (Fsp3) is 1.00. The van der Waals surface area contributed by atoms with E-state index in [1.54, 1.807) is 0 Å². The highest BCUT2D eigenvalue weighted by Crippen LogP contribution is 2.44. The van der Waals surface area contributed by atoms with Gasteiger partial charge in [0.15, 0.2) is 0 Å². The zero-order valence-corrected chi connectivity index (χ0v) is 13.4. The van der Waals surface area contributed by atoms with Gasteiger partial charge in [-0.1, -0.05) is 13.8 Å². The first-order chi connectivity index (χ1) is 9.51. The van der Waals surface area contributed by atoms with E-state index in [1.165, 1.54) is 12.8 Å². The number of hydrazine groups is 1. The highest BCUT2D eigenvalue weighted by molar-refractivity contribution is 4.98. The predicted molar refractivity (Wildman–Crippen MR) is 81.3 cm³/mol. The van der Waals surface area contributed by atoms with E-state index in [4.69, 9.17) is 15.3 Å². The zero-order chi connectivity index (χ0) is 14.6. The molecule has 1 unspecified atom stereocenters. The van der Waals surface area contributed by atoms with Crippen LogP contribution in [0.5, 0.6) is 0 Å². The molecule has 4 heteroatoms. The normalized spacial score (nSPS) is 28.2. The first-order valence-electron chi connectivity index (χ1n) is 8.10. The van der Waals surface area contributed by atoms with Crippen molar-refractivity contribution >= 4 is 0 Å². The molecule has 0 amide bonds. The topological polar surface area (TPSA) is 56.5 Å². The molecule has 2 aliphatic rings. The minimum Gasteiger partial charge on any atom is -0.381 e. The van der Waals surface area contributed by atoms with Crippen molar-refractivity contribution in [1.29, 1.82) is 0 Å². The van der Waals surface area contributed by atoms with E-state index < -0.39 is 0 Å². The molecule has 0 aromatic heterocycles. The molecule has 1 aliphatic carbocycles. The van der Waals surface area contributed by atoms with Gasteiger partial charge in [-0.15, -0.1) is 0 Å². The smallest absolute Gasteiger partial charge is 0.0844 e. The van der Waals surface area contributed by atoms with Crippen molar-refractivity contribution in [2.24, 2.45) is 17.2 Å². The number of hydrogen-bond acceptors (Lipinski definition) is 4. The van der Waals surface area contributed by atoms with E-state index in [0.29, 0.717) is 11.3 Å². The van der Waals surface area contributed by atoms with Crippen LogP contribution in [0.1, 0.15) is 58.8 Å². The van der Waals surface area contributed by atoms with Gasteiger partial charge in [-0.05, 0) is 56.3 Å². The third-order valence-corrected chi connectivity index (χ3v) is 5.60. The van der Waals surface area contributed by atoms with Crippen molar-refractivity contribution in [3.63, 3.8) is 0 Å². The van der Waals surface area contributed by atoms with Gasteiger partial charge in [0.25, 0.3) is 0 Å². The molecule has 0 aromatic rings. The van der Waals surface area contributed by atoms with Crippen molar-refractivity contribution in [1.82, 2.24) is 5.43 Å². The van der Waals surface area contributed by atoms with Gasteiger partial charge in [-0.2, -0.15) is 0 Å². The molecule has 4 nitrogen and oxygen atoms in total. The number of rotatable bonds is 5. The molecule has 0 radical (unpaired) electrons. The van der Waals surface area contributed by atoms with Crippen LogP contribution in [0.4, 0.5) is 0 Å². The van der Waals surface area contributed by atoms with E-state index in [1.807, 2.05) is 7.11 Å². The first kappa shape index (κ1) is 16.2. The van der Waals surface area contributed by atoms with Crippen molar-refractivity contribution in [2.45, 2.75) is 70.4 Å². The van der Waals surface area contributed by atoms with E-state index in [9.17, 15) is 0 Å². The molecule has 0 aromatic carbocycles. The summed E-state index contributed by atoms with van der Waals surface area (Å²) in [6, 6.07) is 0.256. The van der Waals surface area contributed by atoms with Crippen molar-refractivity contribution in [3.05, 3.63) is 0 Å². The van der Waals surface area contributed by atoms with Crippen LogP contribution in [0.25, 0.3) is 0 Å². The molecule has 2 rings (SSSR count). The molecule has 0 spiro atoms. The minimum absolute atomic E-state index is 0.0808. The molecule has 0 bridgehead atoms. The molecular formula is C16H32N2O2. The quantitative estimate of drug-likeness (QED) is 0.602. The maximum absolute atomic E-state index is 5.99. The van der Waals surface area contributed by atoms with Gasteiger partial charge in [0, 0.05) is 20.3 Å². The van der Waals surface area contributed by atoms with E-state index in [0.717, 1.165) is 45.3 Å². The zero-order valence-electron chi connectivity index (χ0n) is 13.4. The summed E-state index contributed by atoms with van der Waals surface area (Å²) in [6.45, 7) is 6.51. The summed E-state index contributed by atoms with van der Waals surface area (Å²) >= 11 is 0. The molecule has 1 atom stereocenters. The highest BCUT2D eigenvalue weighted by atomic mass is 16.5. The van der Waals surface area contributed by atoms with Gasteiger partial charge < -0.3 is 9.47 Å². The molecule has 118 valence electrons.